The normalized spacial score (nSPS) is 20.6. The largest absolute Gasteiger partial charge is 0.309 e. The zero-order valence-corrected chi connectivity index (χ0v) is 27.4. The first-order chi connectivity index (χ1) is 21.2. The number of alkyl halides is 2. The topological polar surface area (TPSA) is 121 Å². The number of nitrogens with one attached hydrogen (secondary N) is 2. The van der Waals surface area contributed by atoms with Gasteiger partial charge < -0.3 is 10.2 Å². The third-order valence-electron chi connectivity index (χ3n) is 8.93. The minimum Gasteiger partial charge on any atom is -0.309 e. The molecule has 0 aliphatic heterocycles. The molecule has 0 unspecified atom stereocenters. The Labute approximate surface area is 263 Å². The predicted molar refractivity (Wildman–Crippen MR) is 174 cm³/mol. The molecule has 45 heavy (non-hydrogen) atoms. The average molecular weight is 652 g/mol. The second kappa shape index (κ2) is 14.0. The highest BCUT2D eigenvalue weighted by Crippen LogP contribution is 2.44. The highest BCUT2D eigenvalue weighted by atomic mass is 32.2. The maximum Gasteiger partial charge on any atom is 0.278 e. The molecule has 0 spiro atoms. The minimum absolute atomic E-state index is 0.0327. The van der Waals surface area contributed by atoms with Crippen molar-refractivity contribution in [1.29, 1.82) is 0 Å². The van der Waals surface area contributed by atoms with Gasteiger partial charge in [0.05, 0.1) is 23.2 Å². The molecule has 0 radical (unpaired) electrons. The van der Waals surface area contributed by atoms with Gasteiger partial charge in [0.15, 0.2) is 0 Å². The van der Waals surface area contributed by atoms with Crippen LogP contribution in [-0.4, -0.2) is 73.9 Å². The molecule has 2 aliphatic carbocycles. The van der Waals surface area contributed by atoms with Gasteiger partial charge in [-0.15, -0.1) is 0 Å². The van der Waals surface area contributed by atoms with Crippen molar-refractivity contribution in [3.63, 3.8) is 0 Å². The summed E-state index contributed by atoms with van der Waals surface area (Å²) in [4.78, 5) is 29.3. The molecule has 0 amide bonds. The lowest BCUT2D eigenvalue weighted by atomic mass is 9.89. The molecule has 0 bridgehead atoms. The number of anilines is 2. The summed E-state index contributed by atoms with van der Waals surface area (Å²) in [7, 11) is -0.128. The first kappa shape index (κ1) is 34.6. The van der Waals surface area contributed by atoms with Gasteiger partial charge in [-0.3, -0.25) is 14.1 Å². The van der Waals surface area contributed by atoms with E-state index in [9.17, 15) is 22.0 Å². The second-order valence-corrected chi connectivity index (χ2v) is 14.5. The first-order valence-electron chi connectivity index (χ1n) is 15.4. The lowest BCUT2D eigenvalue weighted by Gasteiger charge is -2.31. The molecular weight excluding hydrogens is 607 g/mol. The van der Waals surface area contributed by atoms with Crippen molar-refractivity contribution in [3.8, 4) is 11.3 Å². The second-order valence-electron chi connectivity index (χ2n) is 12.8. The molecule has 2 saturated carbocycles. The van der Waals surface area contributed by atoms with Crippen molar-refractivity contribution in [1.82, 2.24) is 14.5 Å². The van der Waals surface area contributed by atoms with Crippen LogP contribution in [0.1, 0.15) is 76.9 Å². The van der Waals surface area contributed by atoms with Crippen molar-refractivity contribution in [2.24, 2.45) is 15.4 Å². The molecule has 248 valence electrons. The van der Waals surface area contributed by atoms with Crippen LogP contribution in [0.4, 0.5) is 24.7 Å². The van der Waals surface area contributed by atoms with Crippen LogP contribution in [0.2, 0.25) is 0 Å². The third kappa shape index (κ3) is 7.94. The van der Waals surface area contributed by atoms with E-state index in [1.165, 1.54) is 16.7 Å². The van der Waals surface area contributed by atoms with Gasteiger partial charge in [0.1, 0.15) is 17.3 Å². The molecule has 2 fully saturated rings. The zero-order chi connectivity index (χ0) is 33.1. The van der Waals surface area contributed by atoms with E-state index >= 15 is 4.39 Å². The van der Waals surface area contributed by atoms with Gasteiger partial charge in [0.2, 0.25) is 22.4 Å². The molecule has 10 nitrogen and oxygen atoms in total. The molecule has 0 saturated heterocycles. The maximum atomic E-state index is 15.3. The highest BCUT2D eigenvalue weighted by Gasteiger charge is 2.46. The first-order valence-corrected chi connectivity index (χ1v) is 17.0. The van der Waals surface area contributed by atoms with E-state index in [1.54, 1.807) is 6.92 Å². The maximum absolute atomic E-state index is 15.3. The lowest BCUT2D eigenvalue weighted by molar-refractivity contribution is 0.0142. The quantitative estimate of drug-likeness (QED) is 0.246. The van der Waals surface area contributed by atoms with E-state index in [1.807, 2.05) is 13.8 Å². The van der Waals surface area contributed by atoms with Crippen molar-refractivity contribution >= 4 is 34.2 Å². The number of halogens is 3. The van der Waals surface area contributed by atoms with Gasteiger partial charge in [-0.05, 0) is 92.2 Å². The van der Waals surface area contributed by atoms with Gasteiger partial charge >= 0.3 is 0 Å². The number of benzene rings is 1. The molecule has 0 atom stereocenters. The molecular formula is C31H44F3N7O3S. The summed E-state index contributed by atoms with van der Waals surface area (Å²) >= 11 is 0. The third-order valence-corrected chi connectivity index (χ3v) is 10.4. The van der Waals surface area contributed by atoms with E-state index in [4.69, 9.17) is 4.99 Å². The zero-order valence-electron chi connectivity index (χ0n) is 26.6. The Bertz CT molecular complexity index is 1580. The highest BCUT2D eigenvalue weighted by molar-refractivity contribution is 7.92. The molecule has 2 aromatic rings. The molecule has 1 heterocycles. The summed E-state index contributed by atoms with van der Waals surface area (Å²) < 4.78 is 72.0. The van der Waals surface area contributed by atoms with E-state index in [-0.39, 0.29) is 42.1 Å². The van der Waals surface area contributed by atoms with Crippen LogP contribution in [0.15, 0.2) is 33.0 Å². The van der Waals surface area contributed by atoms with Gasteiger partial charge in [0, 0.05) is 23.1 Å². The fraction of sp³-hybridized carbons (Fsp3) is 0.613. The number of hydrogen-bond donors (Lipinski definition) is 2. The Morgan fingerprint density at radius 3 is 2.36 bits per heavy atom. The standard InChI is InChI=1S/C31H44F3N7O3S/c1-19(2)41-27(38-30(35-4)37-22-10-12-23(13-11-22)40(5)6)20(3)36-26(28(41)42)21-9-14-25(24(32)17-21)39-45(43,44)18-31(29(33)34)15-7-8-16-31/h9,14,17,19,22-23,29,39H,4,7-8,10-13,15-16,18H2,1-3,5-6H3,(H,37,38). The van der Waals surface area contributed by atoms with Gasteiger partial charge in [-0.1, -0.05) is 18.9 Å². The number of aryl methyl sites for hydroxylation is 1. The van der Waals surface area contributed by atoms with Crippen molar-refractivity contribution in [2.45, 2.75) is 96.7 Å². The molecule has 4 rings (SSSR count). The van der Waals surface area contributed by atoms with Crippen molar-refractivity contribution in [3.05, 3.63) is 40.1 Å². The number of sulfonamides is 1. The number of aromatic nitrogens is 2. The Hall–Kier alpha value is -3.26. The summed E-state index contributed by atoms with van der Waals surface area (Å²) in [5, 5.41) is 3.14. The monoisotopic (exact) mass is 651 g/mol. The van der Waals surface area contributed by atoms with Crippen LogP contribution >= 0.6 is 0 Å². The Morgan fingerprint density at radius 1 is 1.18 bits per heavy atom. The predicted octanol–water partition coefficient (Wildman–Crippen LogP) is 5.85. The summed E-state index contributed by atoms with van der Waals surface area (Å²) in [6, 6.07) is 3.83. The molecule has 2 N–H and O–H groups in total. The summed E-state index contributed by atoms with van der Waals surface area (Å²) in [5.74, 6) is -1.09. The van der Waals surface area contributed by atoms with Gasteiger partial charge in [-0.2, -0.15) is 0 Å². The van der Waals surface area contributed by atoms with Gasteiger partial charge in [0.25, 0.3) is 5.56 Å². The Morgan fingerprint density at radius 2 is 1.82 bits per heavy atom. The van der Waals surface area contributed by atoms with Crippen LogP contribution in [-0.2, 0) is 10.0 Å². The molecule has 14 heteroatoms. The van der Waals surface area contributed by atoms with Gasteiger partial charge in [-0.25, -0.2) is 36.6 Å². The van der Waals surface area contributed by atoms with E-state index in [0.29, 0.717) is 30.4 Å². The van der Waals surface area contributed by atoms with E-state index in [0.717, 1.165) is 31.7 Å². The number of hydrogen-bond acceptors (Lipinski definition) is 6. The summed E-state index contributed by atoms with van der Waals surface area (Å²) in [6.45, 7) is 9.01. The van der Waals surface area contributed by atoms with E-state index < -0.39 is 44.7 Å². The van der Waals surface area contributed by atoms with Crippen molar-refractivity contribution in [2.75, 3.05) is 29.9 Å². The Kier molecular flexibility index (Phi) is 10.8. The number of rotatable bonds is 10. The van der Waals surface area contributed by atoms with Crippen LogP contribution < -0.4 is 15.6 Å². The number of guanidine groups is 1. The average Bonchev–Trinajstić information content (AvgIpc) is 3.44. The van der Waals surface area contributed by atoms with Crippen LogP contribution in [0, 0.1) is 18.2 Å². The smallest absolute Gasteiger partial charge is 0.278 e. The van der Waals surface area contributed by atoms with Crippen LogP contribution in [0.5, 0.6) is 0 Å². The fourth-order valence-electron chi connectivity index (χ4n) is 6.42. The van der Waals surface area contributed by atoms with E-state index in [2.05, 4.69) is 45.7 Å². The molecule has 1 aromatic carbocycles. The van der Waals surface area contributed by atoms with Crippen LogP contribution in [0.25, 0.3) is 11.3 Å². The van der Waals surface area contributed by atoms with Crippen LogP contribution in [0.3, 0.4) is 0 Å². The SMILES string of the molecule is C=NC(=NC1CCC(N(C)C)CC1)Nc1c(C)nc(-c2ccc(NS(=O)(=O)CC3(C(F)F)CCCC3)c(F)c2)c(=O)n1C(C)C. The fourth-order valence-corrected chi connectivity index (χ4v) is 8.16. The number of nitrogens with zero attached hydrogens (tertiary/aromatic N) is 5. The summed E-state index contributed by atoms with van der Waals surface area (Å²) in [6.07, 6.45) is 2.28. The minimum atomic E-state index is -4.28. The number of aliphatic imine (C=N–C) groups is 2. The molecule has 2 aliphatic rings. The van der Waals surface area contributed by atoms with Crippen molar-refractivity contribution < 1.29 is 21.6 Å². The lowest BCUT2D eigenvalue weighted by Crippen LogP contribution is -2.37. The molecule has 1 aromatic heterocycles. The Balaban J connectivity index is 1.59. The summed E-state index contributed by atoms with van der Waals surface area (Å²) in [5.41, 5.74) is -1.99.